The van der Waals surface area contributed by atoms with Crippen LogP contribution in [0.15, 0.2) is 0 Å². The van der Waals surface area contributed by atoms with Crippen LogP contribution in [0.3, 0.4) is 0 Å². The van der Waals surface area contributed by atoms with Gasteiger partial charge in [-0.25, -0.2) is 8.42 Å². The van der Waals surface area contributed by atoms with Crippen LogP contribution in [0.25, 0.3) is 0 Å². The number of unbranched alkanes of at least 4 members (excludes halogenated alkanes) is 4. The van der Waals surface area contributed by atoms with Crippen molar-refractivity contribution in [3.05, 3.63) is 0 Å². The topological polar surface area (TPSA) is 57.2 Å². The molecule has 280 valence electrons. The normalized spacial score (nSPS) is 15.1. The van der Waals surface area contributed by atoms with E-state index in [9.17, 15) is 87.6 Å². The molecule has 22 heteroatoms. The average Bonchev–Trinajstić information content (AvgIpc) is 2.90. The molecule has 0 amide bonds. The van der Waals surface area contributed by atoms with Gasteiger partial charge >= 0.3 is 47.0 Å². The molecule has 0 aliphatic heterocycles. The van der Waals surface area contributed by atoms with Gasteiger partial charge < -0.3 is 9.04 Å². The van der Waals surface area contributed by atoms with Crippen LogP contribution >= 0.6 is 0 Å². The lowest BCUT2D eigenvalue weighted by molar-refractivity contribution is -0.929. The van der Waals surface area contributed by atoms with Crippen LogP contribution in [0.5, 0.6) is 0 Å². The molecule has 0 radical (unpaired) electrons. The second-order valence-electron chi connectivity index (χ2n) is 10.6. The first-order chi connectivity index (χ1) is 20.2. The number of rotatable bonds is 19. The van der Waals surface area contributed by atoms with Gasteiger partial charge in [0.25, 0.3) is 0 Å². The van der Waals surface area contributed by atoms with Gasteiger partial charge in [0.05, 0.1) is 26.2 Å². The van der Waals surface area contributed by atoms with Gasteiger partial charge in [-0.15, -0.1) is 0 Å². The van der Waals surface area contributed by atoms with E-state index in [1.54, 1.807) is 0 Å². The van der Waals surface area contributed by atoms with E-state index >= 15 is 0 Å². The number of hydrogen-bond donors (Lipinski definition) is 0. The maximum atomic E-state index is 13.0. The lowest BCUT2D eigenvalue weighted by atomic mass is 9.91. The minimum Gasteiger partial charge on any atom is -0.743 e. The Hall–Kier alpha value is -1.32. The Morgan fingerprint density at radius 2 is 0.652 bits per heavy atom. The lowest BCUT2D eigenvalue weighted by Gasteiger charge is -2.42. The molecule has 0 unspecified atom stereocenters. The molecule has 0 heterocycles. The van der Waals surface area contributed by atoms with Crippen LogP contribution < -0.4 is 0 Å². The van der Waals surface area contributed by atoms with Crippen molar-refractivity contribution in [2.45, 2.75) is 126 Å². The number of alkyl halides is 17. The van der Waals surface area contributed by atoms with E-state index in [1.807, 2.05) is 0 Å². The fourth-order valence-electron chi connectivity index (χ4n) is 3.95. The van der Waals surface area contributed by atoms with Crippen molar-refractivity contribution >= 4 is 10.1 Å². The molecular weight excluding hydrogens is 705 g/mol. The highest BCUT2D eigenvalue weighted by atomic mass is 32.2. The van der Waals surface area contributed by atoms with Crippen molar-refractivity contribution in [3.8, 4) is 0 Å². The first kappa shape index (κ1) is 46.8. The van der Waals surface area contributed by atoms with E-state index in [0.29, 0.717) is 0 Å². The Labute approximate surface area is 255 Å². The Morgan fingerprint density at radius 1 is 0.435 bits per heavy atom. The molecule has 0 saturated carbocycles. The van der Waals surface area contributed by atoms with Crippen LogP contribution in [0.1, 0.15) is 79.1 Å². The summed E-state index contributed by atoms with van der Waals surface area (Å²) in [7, 11) is -8.14. The Balaban J connectivity index is 0. The van der Waals surface area contributed by atoms with Crippen molar-refractivity contribution in [3.63, 3.8) is 0 Å². The molecule has 0 N–H and O–H groups in total. The van der Waals surface area contributed by atoms with Crippen LogP contribution in [0.2, 0.25) is 0 Å². The second-order valence-corrected chi connectivity index (χ2v) is 12.0. The van der Waals surface area contributed by atoms with E-state index < -0.39 is 57.1 Å². The van der Waals surface area contributed by atoms with Gasteiger partial charge in [-0.2, -0.15) is 74.6 Å². The minimum atomic E-state index is -8.92. The molecule has 0 aromatic carbocycles. The summed E-state index contributed by atoms with van der Waals surface area (Å²) in [6.07, 6.45) is 3.17. The predicted molar refractivity (Wildman–Crippen MR) is 130 cm³/mol. The molecule has 0 atom stereocenters. The van der Waals surface area contributed by atoms with Gasteiger partial charge in [0.2, 0.25) is 0 Å². The van der Waals surface area contributed by atoms with Gasteiger partial charge in [0.1, 0.15) is 0 Å². The standard InChI is InChI=1S/C16H36N.C8HF17O3S/c1-5-9-13-17(14-10-6-2,15-11-7-3)16-12-8-4;9-1(10,3(13,14)5(17,18)7(21,22)23)2(11,12)4(15,16)6(19,20)8(24,25)29(26,27)28/h5-16H2,1-4H3;(H,26,27,28)/q+1;/p-1. The van der Waals surface area contributed by atoms with Gasteiger partial charge in [0, 0.05) is 0 Å². The third kappa shape index (κ3) is 9.02. The number of quaternary nitrogens is 1. The SMILES string of the molecule is CCCC[N+](CCCC)(CCCC)CCCC.O=S(=O)([O-])C(F)(F)C(F)(F)C(F)(F)C(F)(F)C(F)(F)C(F)(F)C(F)(F)C(F)(F)F. The maximum absolute atomic E-state index is 13.0. The highest BCUT2D eigenvalue weighted by Crippen LogP contribution is 2.64. The van der Waals surface area contributed by atoms with Gasteiger partial charge in [0.15, 0.2) is 10.1 Å². The first-order valence-electron chi connectivity index (χ1n) is 13.8. The second kappa shape index (κ2) is 15.9. The zero-order valence-corrected chi connectivity index (χ0v) is 25.8. The van der Waals surface area contributed by atoms with E-state index in [0.717, 1.165) is 0 Å². The molecular formula is C24H36F17NO3S. The summed E-state index contributed by atoms with van der Waals surface area (Å²) in [6, 6.07) is 0. The maximum Gasteiger partial charge on any atom is 0.460 e. The van der Waals surface area contributed by atoms with Gasteiger partial charge in [-0.1, -0.05) is 53.4 Å². The molecule has 0 aliphatic rings. The summed E-state index contributed by atoms with van der Waals surface area (Å²) in [6.45, 7) is 15.0. The quantitative estimate of drug-likeness (QED) is 0.0754. The van der Waals surface area contributed by atoms with E-state index in [-0.39, 0.29) is 0 Å². The smallest absolute Gasteiger partial charge is 0.460 e. The summed E-state index contributed by atoms with van der Waals surface area (Å²) in [5.41, 5.74) is 0. The highest BCUT2D eigenvalue weighted by molar-refractivity contribution is 7.86. The zero-order chi connectivity index (χ0) is 37.5. The van der Waals surface area contributed by atoms with Crippen molar-refractivity contribution in [2.24, 2.45) is 0 Å². The molecule has 0 aromatic rings. The monoisotopic (exact) mass is 741 g/mol. The average molecular weight is 742 g/mol. The first-order valence-corrected chi connectivity index (χ1v) is 15.2. The van der Waals surface area contributed by atoms with E-state index in [2.05, 4.69) is 27.7 Å². The fourth-order valence-corrected chi connectivity index (χ4v) is 4.39. The van der Waals surface area contributed by atoms with Gasteiger partial charge in [-0.05, 0) is 25.7 Å². The molecule has 0 rings (SSSR count). The molecule has 0 saturated heterocycles. The summed E-state index contributed by atoms with van der Waals surface area (Å²) < 4.78 is 245. The third-order valence-corrected chi connectivity index (χ3v) is 7.84. The molecule has 0 aliphatic carbocycles. The third-order valence-electron chi connectivity index (χ3n) is 6.95. The number of halogens is 17. The fraction of sp³-hybridized carbons (Fsp3) is 1.00. The van der Waals surface area contributed by atoms with Gasteiger partial charge in [-0.3, -0.25) is 0 Å². The lowest BCUT2D eigenvalue weighted by Crippen LogP contribution is -2.75. The van der Waals surface area contributed by atoms with Crippen molar-refractivity contribution in [2.75, 3.05) is 26.2 Å². The summed E-state index contributed by atoms with van der Waals surface area (Å²) in [5.74, 6) is -52.1. The zero-order valence-electron chi connectivity index (χ0n) is 25.0. The highest BCUT2D eigenvalue weighted by Gasteiger charge is 2.95. The largest absolute Gasteiger partial charge is 0.743 e. The van der Waals surface area contributed by atoms with Crippen molar-refractivity contribution in [1.82, 2.24) is 0 Å². The van der Waals surface area contributed by atoms with Crippen molar-refractivity contribution in [1.29, 1.82) is 0 Å². The Kier molecular flexibility index (Phi) is 16.2. The van der Waals surface area contributed by atoms with Crippen LogP contribution in [-0.2, 0) is 10.1 Å². The van der Waals surface area contributed by atoms with Crippen LogP contribution in [0.4, 0.5) is 74.6 Å². The summed E-state index contributed by atoms with van der Waals surface area (Å²) in [4.78, 5) is 0. The molecule has 0 bridgehead atoms. The molecule has 46 heavy (non-hydrogen) atoms. The van der Waals surface area contributed by atoms with Crippen molar-refractivity contribution < 1.29 is 92.1 Å². The van der Waals surface area contributed by atoms with E-state index in [4.69, 9.17) is 0 Å². The molecule has 0 fully saturated rings. The Morgan fingerprint density at radius 3 is 0.848 bits per heavy atom. The summed E-state index contributed by atoms with van der Waals surface area (Å²) >= 11 is 0. The van der Waals surface area contributed by atoms with Crippen LogP contribution in [-0.4, -0.2) is 90.6 Å². The molecule has 4 nitrogen and oxygen atoms in total. The summed E-state index contributed by atoms with van der Waals surface area (Å²) in [5, 5.41) is -7.95. The van der Waals surface area contributed by atoms with E-state index in [1.165, 1.54) is 82.0 Å². The number of nitrogens with zero attached hydrogens (tertiary/aromatic N) is 1. The molecule has 0 aromatic heterocycles. The minimum absolute atomic E-state index is 1.35. The molecule has 0 spiro atoms. The number of hydrogen-bond acceptors (Lipinski definition) is 3. The Bertz CT molecular complexity index is 994. The predicted octanol–water partition coefficient (Wildman–Crippen LogP) is 9.50. The van der Waals surface area contributed by atoms with Crippen LogP contribution in [0, 0.1) is 0 Å².